The molecular weight excluding hydrogens is 188 g/mol. The first-order valence-electron chi connectivity index (χ1n) is 5.78. The maximum absolute atomic E-state index is 5.66. The van der Waals surface area contributed by atoms with E-state index in [9.17, 15) is 0 Å². The van der Waals surface area contributed by atoms with Gasteiger partial charge in [0.2, 0.25) is 0 Å². The lowest BCUT2D eigenvalue weighted by Crippen LogP contribution is -2.15. The molecule has 4 unspecified atom stereocenters. The molecule has 15 heavy (non-hydrogen) atoms. The van der Waals surface area contributed by atoms with Crippen LogP contribution in [0.5, 0.6) is 0 Å². The summed E-state index contributed by atoms with van der Waals surface area (Å²) in [5, 5.41) is 0. The van der Waals surface area contributed by atoms with E-state index in [4.69, 9.17) is 9.47 Å². The van der Waals surface area contributed by atoms with Crippen LogP contribution in [-0.2, 0) is 9.47 Å². The van der Waals surface area contributed by atoms with Crippen LogP contribution in [-0.4, -0.2) is 25.9 Å². The minimum atomic E-state index is 0.379. The Morgan fingerprint density at radius 1 is 1.20 bits per heavy atom. The molecule has 2 rings (SSSR count). The minimum absolute atomic E-state index is 0.379. The first-order chi connectivity index (χ1) is 7.33. The van der Waals surface area contributed by atoms with Crippen molar-refractivity contribution in [2.75, 3.05) is 19.8 Å². The second-order valence-electron chi connectivity index (χ2n) is 4.62. The predicted molar refractivity (Wildman–Crippen MR) is 60.7 cm³/mol. The van der Waals surface area contributed by atoms with Crippen LogP contribution < -0.4 is 0 Å². The van der Waals surface area contributed by atoms with Crippen molar-refractivity contribution in [1.29, 1.82) is 0 Å². The Morgan fingerprint density at radius 3 is 2.60 bits per heavy atom. The van der Waals surface area contributed by atoms with Crippen molar-refractivity contribution in [3.05, 3.63) is 25.3 Å². The van der Waals surface area contributed by atoms with E-state index in [1.54, 1.807) is 0 Å². The molecule has 0 aromatic heterocycles. The fourth-order valence-electron chi connectivity index (χ4n) is 2.39. The summed E-state index contributed by atoms with van der Waals surface area (Å²) in [6, 6.07) is 0. The Morgan fingerprint density at radius 2 is 2.00 bits per heavy atom. The molecule has 1 aliphatic carbocycles. The lowest BCUT2D eigenvalue weighted by molar-refractivity contribution is 0.0794. The van der Waals surface area contributed by atoms with Crippen molar-refractivity contribution < 1.29 is 9.47 Å². The average molecular weight is 208 g/mol. The zero-order valence-electron chi connectivity index (χ0n) is 9.23. The summed E-state index contributed by atoms with van der Waals surface area (Å²) in [5.74, 6) is 1.89. The molecule has 2 fully saturated rings. The Kier molecular flexibility index (Phi) is 3.60. The molecule has 1 saturated carbocycles. The van der Waals surface area contributed by atoms with Crippen LogP contribution in [0.25, 0.3) is 0 Å². The van der Waals surface area contributed by atoms with E-state index in [1.165, 1.54) is 12.8 Å². The van der Waals surface area contributed by atoms with E-state index in [0.717, 1.165) is 19.8 Å². The van der Waals surface area contributed by atoms with Gasteiger partial charge < -0.3 is 9.47 Å². The van der Waals surface area contributed by atoms with Gasteiger partial charge in [0.15, 0.2) is 0 Å². The molecule has 2 aliphatic rings. The van der Waals surface area contributed by atoms with Crippen LogP contribution in [0.2, 0.25) is 0 Å². The maximum Gasteiger partial charge on any atom is 0.104 e. The molecule has 1 saturated heterocycles. The van der Waals surface area contributed by atoms with Gasteiger partial charge in [-0.25, -0.2) is 0 Å². The topological polar surface area (TPSA) is 21.8 Å². The van der Waals surface area contributed by atoms with Crippen LogP contribution in [0.4, 0.5) is 0 Å². The first kappa shape index (κ1) is 10.9. The largest absolute Gasteiger partial charge is 0.378 e. The quantitative estimate of drug-likeness (QED) is 0.494. The molecule has 0 amide bonds. The van der Waals surface area contributed by atoms with Gasteiger partial charge in [-0.05, 0) is 30.6 Å². The fraction of sp³-hybridized carbons (Fsp3) is 0.692. The zero-order chi connectivity index (χ0) is 10.7. The van der Waals surface area contributed by atoms with Crippen LogP contribution >= 0.6 is 0 Å². The summed E-state index contributed by atoms with van der Waals surface area (Å²) in [4.78, 5) is 0. The summed E-state index contributed by atoms with van der Waals surface area (Å²) in [6.45, 7) is 10.3. The monoisotopic (exact) mass is 208 g/mol. The third kappa shape index (κ3) is 2.93. The molecule has 0 aromatic carbocycles. The Bertz CT molecular complexity index is 233. The van der Waals surface area contributed by atoms with Crippen LogP contribution in [0.1, 0.15) is 12.8 Å². The normalized spacial score (nSPS) is 38.9. The molecule has 2 heteroatoms. The van der Waals surface area contributed by atoms with E-state index < -0.39 is 0 Å². The van der Waals surface area contributed by atoms with Gasteiger partial charge >= 0.3 is 0 Å². The Labute approximate surface area is 92.0 Å². The number of ether oxygens (including phenoxy) is 2. The van der Waals surface area contributed by atoms with E-state index in [2.05, 4.69) is 25.3 Å². The van der Waals surface area contributed by atoms with Gasteiger partial charge in [0.05, 0.1) is 19.8 Å². The summed E-state index contributed by atoms with van der Waals surface area (Å²) in [7, 11) is 0. The van der Waals surface area contributed by atoms with E-state index >= 15 is 0 Å². The van der Waals surface area contributed by atoms with Crippen molar-refractivity contribution in [3.8, 4) is 0 Å². The van der Waals surface area contributed by atoms with Crippen LogP contribution in [0.3, 0.4) is 0 Å². The van der Waals surface area contributed by atoms with Crippen molar-refractivity contribution in [3.63, 3.8) is 0 Å². The fourth-order valence-corrected chi connectivity index (χ4v) is 2.39. The third-order valence-corrected chi connectivity index (χ3v) is 3.46. The van der Waals surface area contributed by atoms with Crippen LogP contribution in [0, 0.1) is 17.8 Å². The van der Waals surface area contributed by atoms with Crippen LogP contribution in [0.15, 0.2) is 25.3 Å². The second kappa shape index (κ2) is 4.95. The van der Waals surface area contributed by atoms with E-state index in [0.29, 0.717) is 23.9 Å². The van der Waals surface area contributed by atoms with Gasteiger partial charge in [-0.2, -0.15) is 0 Å². The van der Waals surface area contributed by atoms with E-state index in [-0.39, 0.29) is 0 Å². The molecule has 2 nitrogen and oxygen atoms in total. The Hall–Kier alpha value is -0.600. The zero-order valence-corrected chi connectivity index (χ0v) is 9.23. The van der Waals surface area contributed by atoms with Crippen molar-refractivity contribution in [1.82, 2.24) is 0 Å². The summed E-state index contributed by atoms with van der Waals surface area (Å²) in [5.41, 5.74) is 0. The first-order valence-corrected chi connectivity index (χ1v) is 5.78. The molecule has 0 aromatic rings. The van der Waals surface area contributed by atoms with Gasteiger partial charge in [0, 0.05) is 0 Å². The Balaban J connectivity index is 1.73. The highest BCUT2D eigenvalue weighted by Crippen LogP contribution is 2.37. The summed E-state index contributed by atoms with van der Waals surface area (Å²) in [6.07, 6.45) is 6.92. The standard InChI is InChI=1S/C13H20O2/c1-3-10-5-11(4-2)12(6-10)7-14-8-13-9-15-13/h3-4,10-13H,1-2,5-9H2. The number of epoxide rings is 1. The second-order valence-corrected chi connectivity index (χ2v) is 4.62. The average Bonchev–Trinajstić information content (AvgIpc) is 2.98. The van der Waals surface area contributed by atoms with Gasteiger partial charge in [0.1, 0.15) is 6.10 Å². The molecule has 1 heterocycles. The highest BCUT2D eigenvalue weighted by molar-refractivity contribution is 4.97. The molecule has 0 spiro atoms. The van der Waals surface area contributed by atoms with Crippen molar-refractivity contribution >= 4 is 0 Å². The van der Waals surface area contributed by atoms with Crippen molar-refractivity contribution in [2.24, 2.45) is 17.8 Å². The third-order valence-electron chi connectivity index (χ3n) is 3.46. The predicted octanol–water partition coefficient (Wildman–Crippen LogP) is 2.42. The molecule has 0 radical (unpaired) electrons. The molecule has 1 aliphatic heterocycles. The van der Waals surface area contributed by atoms with E-state index in [1.807, 2.05) is 0 Å². The molecule has 84 valence electrons. The molecule has 0 N–H and O–H groups in total. The molecule has 0 bridgehead atoms. The summed E-state index contributed by atoms with van der Waals surface area (Å²) >= 11 is 0. The highest BCUT2D eigenvalue weighted by Gasteiger charge is 2.31. The van der Waals surface area contributed by atoms with Gasteiger partial charge in [-0.15, -0.1) is 13.2 Å². The minimum Gasteiger partial charge on any atom is -0.378 e. The van der Waals surface area contributed by atoms with Gasteiger partial charge in [-0.1, -0.05) is 12.2 Å². The number of hydrogen-bond acceptors (Lipinski definition) is 2. The lowest BCUT2D eigenvalue weighted by atomic mass is 9.97. The molecule has 4 atom stereocenters. The number of hydrogen-bond donors (Lipinski definition) is 0. The van der Waals surface area contributed by atoms with Gasteiger partial charge in [-0.3, -0.25) is 0 Å². The smallest absolute Gasteiger partial charge is 0.104 e. The van der Waals surface area contributed by atoms with Gasteiger partial charge in [0.25, 0.3) is 0 Å². The summed E-state index contributed by atoms with van der Waals surface area (Å²) < 4.78 is 10.8. The SMILES string of the molecule is C=CC1CC(C=C)C(COCC2CO2)C1. The highest BCUT2D eigenvalue weighted by atomic mass is 16.6. The number of rotatable bonds is 6. The van der Waals surface area contributed by atoms with Crippen molar-refractivity contribution in [2.45, 2.75) is 18.9 Å². The maximum atomic E-state index is 5.66. The molecular formula is C13H20O2. The lowest BCUT2D eigenvalue weighted by Gasteiger charge is -2.15. The number of allylic oxidation sites excluding steroid dienone is 2.